The van der Waals surface area contributed by atoms with Gasteiger partial charge in [-0.05, 0) is 70.5 Å². The molecule has 9 heteroatoms. The zero-order chi connectivity index (χ0) is 24.6. The van der Waals surface area contributed by atoms with Crippen molar-refractivity contribution in [3.63, 3.8) is 0 Å². The Hall–Kier alpha value is -2.68. The van der Waals surface area contributed by atoms with Gasteiger partial charge in [0.1, 0.15) is 0 Å². The van der Waals surface area contributed by atoms with Gasteiger partial charge in [0.05, 0.1) is 6.10 Å². The first-order chi connectivity index (χ1) is 17.0. The second kappa shape index (κ2) is 12.3. The topological polar surface area (TPSA) is 96.0 Å². The van der Waals surface area contributed by atoms with Crippen LogP contribution < -0.4 is 26.0 Å². The third-order valence-corrected chi connectivity index (χ3v) is 6.80. The van der Waals surface area contributed by atoms with Crippen LogP contribution in [0.25, 0.3) is 0 Å². The average Bonchev–Trinajstić information content (AvgIpc) is 3.38. The molecular weight excluding hydrogens is 445 g/mol. The maximum atomic E-state index is 14.5. The molecule has 1 aromatic carbocycles. The molecule has 1 aromatic heterocycles. The van der Waals surface area contributed by atoms with E-state index < -0.39 is 5.82 Å². The summed E-state index contributed by atoms with van der Waals surface area (Å²) in [4.78, 5) is 13.9. The van der Waals surface area contributed by atoms with Crippen LogP contribution in [0.5, 0.6) is 5.75 Å². The second-order valence-electron chi connectivity index (χ2n) is 9.99. The van der Waals surface area contributed by atoms with Gasteiger partial charge in [-0.1, -0.05) is 26.2 Å². The number of aromatic nitrogens is 3. The van der Waals surface area contributed by atoms with Gasteiger partial charge in [0.25, 0.3) is 0 Å². The van der Waals surface area contributed by atoms with E-state index in [1.165, 1.54) is 44.6 Å². The zero-order valence-corrected chi connectivity index (χ0v) is 21.2. The van der Waals surface area contributed by atoms with Crippen molar-refractivity contribution in [2.75, 3.05) is 29.0 Å². The first-order valence-corrected chi connectivity index (χ1v) is 13.2. The average molecular weight is 486 g/mol. The number of hydrogen-bond donors (Lipinski definition) is 4. The van der Waals surface area contributed by atoms with E-state index in [1.807, 2.05) is 13.8 Å². The molecule has 2 heterocycles. The summed E-state index contributed by atoms with van der Waals surface area (Å²) in [5.74, 6) is 1.87. The van der Waals surface area contributed by atoms with E-state index in [1.54, 1.807) is 12.1 Å². The molecule has 0 spiro atoms. The smallest absolute Gasteiger partial charge is 0.233 e. The number of hydrogen-bond acceptors (Lipinski definition) is 8. The highest BCUT2D eigenvalue weighted by atomic mass is 19.1. The SMILES string of the molecule is CCC(Nc1nc(NCC2CCCCC2)nc(Nc2ccc(OC(C)C)c(F)c2)n1)C1CCCN1. The number of benzene rings is 1. The van der Waals surface area contributed by atoms with E-state index in [2.05, 4.69) is 43.1 Å². The lowest BCUT2D eigenvalue weighted by atomic mass is 9.89. The van der Waals surface area contributed by atoms with Crippen molar-refractivity contribution < 1.29 is 9.13 Å². The number of anilines is 4. The van der Waals surface area contributed by atoms with Gasteiger partial charge in [-0.15, -0.1) is 0 Å². The van der Waals surface area contributed by atoms with Crippen LogP contribution >= 0.6 is 0 Å². The molecule has 0 bridgehead atoms. The molecule has 1 aliphatic heterocycles. The van der Waals surface area contributed by atoms with Gasteiger partial charge >= 0.3 is 0 Å². The second-order valence-corrected chi connectivity index (χ2v) is 9.99. The fourth-order valence-corrected chi connectivity index (χ4v) is 4.97. The van der Waals surface area contributed by atoms with Crippen molar-refractivity contribution in [1.29, 1.82) is 0 Å². The molecule has 1 saturated carbocycles. The van der Waals surface area contributed by atoms with Crippen LogP contribution in [0.1, 0.15) is 72.1 Å². The molecule has 0 radical (unpaired) electrons. The van der Waals surface area contributed by atoms with Crippen LogP contribution in [0.2, 0.25) is 0 Å². The Morgan fingerprint density at radius 1 is 1.03 bits per heavy atom. The van der Waals surface area contributed by atoms with Gasteiger partial charge < -0.3 is 26.0 Å². The molecule has 1 aliphatic carbocycles. The third kappa shape index (κ3) is 7.40. The van der Waals surface area contributed by atoms with Gasteiger partial charge in [0.2, 0.25) is 17.8 Å². The minimum atomic E-state index is -0.426. The highest BCUT2D eigenvalue weighted by molar-refractivity contribution is 5.57. The summed E-state index contributed by atoms with van der Waals surface area (Å²) in [5.41, 5.74) is 0.554. The summed E-state index contributed by atoms with van der Waals surface area (Å²) in [7, 11) is 0. The molecule has 1 saturated heterocycles. The summed E-state index contributed by atoms with van der Waals surface area (Å²) in [6, 6.07) is 5.42. The summed E-state index contributed by atoms with van der Waals surface area (Å²) < 4.78 is 20.1. The Morgan fingerprint density at radius 3 is 2.49 bits per heavy atom. The Morgan fingerprint density at radius 2 is 1.80 bits per heavy atom. The van der Waals surface area contributed by atoms with Gasteiger partial charge in [-0.3, -0.25) is 0 Å². The Bertz CT molecular complexity index is 945. The van der Waals surface area contributed by atoms with E-state index in [0.717, 1.165) is 25.9 Å². The number of ether oxygens (including phenoxy) is 1. The van der Waals surface area contributed by atoms with Crippen LogP contribution in [0.3, 0.4) is 0 Å². The summed E-state index contributed by atoms with van der Waals surface area (Å²) in [5, 5.41) is 13.7. The minimum Gasteiger partial charge on any atom is -0.488 e. The van der Waals surface area contributed by atoms with E-state index in [4.69, 9.17) is 4.74 Å². The molecule has 2 aliphatic rings. The molecule has 2 atom stereocenters. The maximum Gasteiger partial charge on any atom is 0.233 e. The van der Waals surface area contributed by atoms with Crippen LogP contribution in [0.15, 0.2) is 18.2 Å². The summed E-state index contributed by atoms with van der Waals surface area (Å²) in [6.45, 7) is 7.81. The molecule has 192 valence electrons. The molecule has 4 N–H and O–H groups in total. The largest absolute Gasteiger partial charge is 0.488 e. The standard InChI is InChI=1S/C26H40FN7O/c1-4-21(22-11-8-14-28-22)31-26-33-24(29-16-18-9-6-5-7-10-18)32-25(34-26)30-19-12-13-23(20(27)15-19)35-17(2)3/h12-13,15,17-18,21-22,28H,4-11,14,16H2,1-3H3,(H3,29,30,31,32,33,34). The zero-order valence-electron chi connectivity index (χ0n) is 21.2. The van der Waals surface area contributed by atoms with Gasteiger partial charge in [0.15, 0.2) is 11.6 Å². The lowest BCUT2D eigenvalue weighted by Crippen LogP contribution is -2.40. The van der Waals surface area contributed by atoms with E-state index in [9.17, 15) is 4.39 Å². The minimum absolute atomic E-state index is 0.0980. The fraction of sp³-hybridized carbons (Fsp3) is 0.654. The quantitative estimate of drug-likeness (QED) is 0.332. The van der Waals surface area contributed by atoms with Crippen molar-refractivity contribution in [2.45, 2.75) is 90.3 Å². The Balaban J connectivity index is 1.52. The van der Waals surface area contributed by atoms with Crippen molar-refractivity contribution >= 4 is 23.5 Å². The lowest BCUT2D eigenvalue weighted by Gasteiger charge is -2.24. The number of rotatable bonds is 11. The molecule has 2 unspecified atom stereocenters. The van der Waals surface area contributed by atoms with Crippen molar-refractivity contribution in [2.24, 2.45) is 5.92 Å². The first kappa shape index (κ1) is 25.4. The number of nitrogens with zero attached hydrogens (tertiary/aromatic N) is 3. The molecule has 4 rings (SSSR count). The Labute approximate surface area is 208 Å². The summed E-state index contributed by atoms with van der Waals surface area (Å²) >= 11 is 0. The van der Waals surface area contributed by atoms with E-state index >= 15 is 0 Å². The normalized spacial score (nSPS) is 19.5. The predicted molar refractivity (Wildman–Crippen MR) is 139 cm³/mol. The van der Waals surface area contributed by atoms with Crippen molar-refractivity contribution in [1.82, 2.24) is 20.3 Å². The molecule has 2 fully saturated rings. The lowest BCUT2D eigenvalue weighted by molar-refractivity contribution is 0.231. The number of nitrogens with one attached hydrogen (secondary N) is 4. The van der Waals surface area contributed by atoms with Crippen LogP contribution in [0, 0.1) is 11.7 Å². The van der Waals surface area contributed by atoms with Crippen LogP contribution in [-0.2, 0) is 0 Å². The highest BCUT2D eigenvalue weighted by Crippen LogP contribution is 2.26. The fourth-order valence-electron chi connectivity index (χ4n) is 4.97. The van der Waals surface area contributed by atoms with Gasteiger partial charge in [0, 0.05) is 30.4 Å². The number of halogens is 1. The Kier molecular flexibility index (Phi) is 8.95. The van der Waals surface area contributed by atoms with E-state index in [0.29, 0.717) is 35.5 Å². The van der Waals surface area contributed by atoms with Crippen molar-refractivity contribution in [3.05, 3.63) is 24.0 Å². The maximum absolute atomic E-state index is 14.5. The molecule has 35 heavy (non-hydrogen) atoms. The molecule has 8 nitrogen and oxygen atoms in total. The predicted octanol–water partition coefficient (Wildman–Crippen LogP) is 5.48. The molecule has 0 amide bonds. The van der Waals surface area contributed by atoms with E-state index in [-0.39, 0.29) is 17.9 Å². The molecule has 2 aromatic rings. The van der Waals surface area contributed by atoms with Crippen molar-refractivity contribution in [3.8, 4) is 5.75 Å². The molecular formula is C26H40FN7O. The third-order valence-electron chi connectivity index (χ3n) is 6.80. The highest BCUT2D eigenvalue weighted by Gasteiger charge is 2.24. The van der Waals surface area contributed by atoms with Crippen LogP contribution in [-0.4, -0.2) is 46.2 Å². The first-order valence-electron chi connectivity index (χ1n) is 13.2. The van der Waals surface area contributed by atoms with Crippen LogP contribution in [0.4, 0.5) is 27.9 Å². The monoisotopic (exact) mass is 485 g/mol. The summed E-state index contributed by atoms with van der Waals surface area (Å²) in [6.07, 6.45) is 9.57. The van der Waals surface area contributed by atoms with Gasteiger partial charge in [-0.2, -0.15) is 15.0 Å². The van der Waals surface area contributed by atoms with Gasteiger partial charge in [-0.25, -0.2) is 4.39 Å².